The lowest BCUT2D eigenvalue weighted by atomic mass is 9.96. The van der Waals surface area contributed by atoms with Crippen LogP contribution in [0.5, 0.6) is 0 Å². The number of aryl methyl sites for hydroxylation is 1. The number of nitrogens with zero attached hydrogens (tertiary/aromatic N) is 5. The molecular weight excluding hydrogens is 341 g/mol. The number of carbonyl (C=O) groups excluding carboxylic acids is 1. The number of aliphatic carboxylic acids is 1. The van der Waals surface area contributed by atoms with Gasteiger partial charge in [-0.2, -0.15) is 0 Å². The quantitative estimate of drug-likeness (QED) is 0.859. The molecule has 26 heavy (non-hydrogen) atoms. The van der Waals surface area contributed by atoms with Gasteiger partial charge < -0.3 is 10.0 Å². The second kappa shape index (κ2) is 7.59. The highest BCUT2D eigenvalue weighted by Crippen LogP contribution is 2.23. The van der Waals surface area contributed by atoms with Gasteiger partial charge in [0.2, 0.25) is 5.91 Å². The number of carboxylic acid groups (broad SMARTS) is 1. The van der Waals surface area contributed by atoms with E-state index in [2.05, 4.69) is 15.5 Å². The van der Waals surface area contributed by atoms with Crippen molar-refractivity contribution in [1.82, 2.24) is 25.1 Å². The van der Waals surface area contributed by atoms with E-state index in [0.717, 1.165) is 5.56 Å². The number of hydrogen-bond donors (Lipinski definition) is 1. The summed E-state index contributed by atoms with van der Waals surface area (Å²) >= 11 is 0. The summed E-state index contributed by atoms with van der Waals surface area (Å²) in [6, 6.07) is 5.20. The lowest BCUT2D eigenvalue weighted by Gasteiger charge is -2.33. The number of tetrazole rings is 1. The molecule has 1 aliphatic heterocycles. The van der Waals surface area contributed by atoms with E-state index in [0.29, 0.717) is 31.6 Å². The zero-order valence-corrected chi connectivity index (χ0v) is 14.4. The Balaban J connectivity index is 1.85. The number of piperidine rings is 1. The molecule has 138 valence electrons. The lowest BCUT2D eigenvalue weighted by Crippen LogP contribution is -2.46. The molecule has 2 heterocycles. The zero-order valence-electron chi connectivity index (χ0n) is 14.4. The molecule has 0 bridgehead atoms. The van der Waals surface area contributed by atoms with E-state index in [4.69, 9.17) is 0 Å². The number of carbonyl (C=O) groups is 2. The molecule has 1 fully saturated rings. The van der Waals surface area contributed by atoms with Crippen LogP contribution < -0.4 is 0 Å². The molecule has 8 nitrogen and oxygen atoms in total. The summed E-state index contributed by atoms with van der Waals surface area (Å²) in [6.07, 6.45) is 1.49. The minimum absolute atomic E-state index is 0.176. The van der Waals surface area contributed by atoms with Crippen LogP contribution in [0.3, 0.4) is 0 Å². The van der Waals surface area contributed by atoms with E-state index in [1.54, 1.807) is 24.0 Å². The Morgan fingerprint density at radius 3 is 2.69 bits per heavy atom. The summed E-state index contributed by atoms with van der Waals surface area (Å²) in [5.74, 6) is -1.55. The van der Waals surface area contributed by atoms with E-state index in [-0.39, 0.29) is 18.3 Å². The summed E-state index contributed by atoms with van der Waals surface area (Å²) in [7, 11) is 0. The normalized spacial score (nSPS) is 18.5. The number of likely N-dealkylation sites (tertiary alicyclic amines) is 1. The average molecular weight is 361 g/mol. The monoisotopic (exact) mass is 361 g/mol. The summed E-state index contributed by atoms with van der Waals surface area (Å²) < 4.78 is 14.6. The number of aromatic nitrogens is 4. The van der Waals surface area contributed by atoms with Gasteiger partial charge in [0, 0.05) is 19.5 Å². The Morgan fingerprint density at radius 2 is 2.08 bits per heavy atom. The lowest BCUT2D eigenvalue weighted by molar-refractivity contribution is -0.146. The van der Waals surface area contributed by atoms with Crippen molar-refractivity contribution >= 4 is 11.9 Å². The fourth-order valence-electron chi connectivity index (χ4n) is 3.24. The highest BCUT2D eigenvalue weighted by molar-refractivity contribution is 5.82. The Morgan fingerprint density at radius 1 is 1.35 bits per heavy atom. The van der Waals surface area contributed by atoms with Crippen LogP contribution in [0.25, 0.3) is 0 Å². The molecule has 0 unspecified atom stereocenters. The van der Waals surface area contributed by atoms with Gasteiger partial charge >= 0.3 is 5.97 Å². The highest BCUT2D eigenvalue weighted by Gasteiger charge is 2.33. The Bertz CT molecular complexity index is 792. The molecule has 2 aromatic rings. The van der Waals surface area contributed by atoms with E-state index in [1.807, 2.05) is 0 Å². The van der Waals surface area contributed by atoms with Gasteiger partial charge in [-0.1, -0.05) is 12.1 Å². The molecule has 1 aromatic heterocycles. The molecule has 2 atom stereocenters. The van der Waals surface area contributed by atoms with Crippen LogP contribution in [0.2, 0.25) is 0 Å². The average Bonchev–Trinajstić information content (AvgIpc) is 3.06. The topological polar surface area (TPSA) is 101 Å². The maximum Gasteiger partial charge on any atom is 0.308 e. The Hall–Kier alpha value is -2.84. The molecular formula is C17H20FN5O3. The first-order chi connectivity index (χ1) is 12.5. The SMILES string of the molecule is Cc1nnnn1[C@@H](Cc1ccc(F)cc1)C(=O)N1CCC[C@H](C(=O)O)C1. The number of benzene rings is 1. The third-order valence-corrected chi connectivity index (χ3v) is 4.66. The van der Waals surface area contributed by atoms with Gasteiger partial charge in [0.05, 0.1) is 5.92 Å². The second-order valence-corrected chi connectivity index (χ2v) is 6.48. The van der Waals surface area contributed by atoms with Crippen LogP contribution in [-0.4, -0.2) is 55.2 Å². The van der Waals surface area contributed by atoms with Crippen molar-refractivity contribution in [2.24, 2.45) is 5.92 Å². The molecule has 0 aliphatic carbocycles. The zero-order chi connectivity index (χ0) is 18.7. The van der Waals surface area contributed by atoms with Crippen LogP contribution in [0.15, 0.2) is 24.3 Å². The van der Waals surface area contributed by atoms with E-state index in [1.165, 1.54) is 16.8 Å². The fraction of sp³-hybridized carbons (Fsp3) is 0.471. The number of amides is 1. The maximum absolute atomic E-state index is 13.2. The Kier molecular flexibility index (Phi) is 5.24. The van der Waals surface area contributed by atoms with Crippen LogP contribution in [-0.2, 0) is 16.0 Å². The van der Waals surface area contributed by atoms with Gasteiger partial charge in [0.25, 0.3) is 0 Å². The standard InChI is InChI=1S/C17H20FN5O3/c1-11-19-20-21-23(11)15(9-12-4-6-14(18)7-5-12)16(24)22-8-2-3-13(10-22)17(25)26/h4-7,13,15H,2-3,8-10H2,1H3,(H,25,26)/t13-,15-/m0/s1. The summed E-state index contributed by atoms with van der Waals surface area (Å²) in [4.78, 5) is 26.0. The molecule has 1 aromatic carbocycles. The summed E-state index contributed by atoms with van der Waals surface area (Å²) in [5.41, 5.74) is 0.770. The van der Waals surface area contributed by atoms with Gasteiger partial charge in [-0.25, -0.2) is 9.07 Å². The van der Waals surface area contributed by atoms with E-state index >= 15 is 0 Å². The van der Waals surface area contributed by atoms with Gasteiger partial charge in [0.15, 0.2) is 0 Å². The smallest absolute Gasteiger partial charge is 0.308 e. The minimum atomic E-state index is -0.892. The third kappa shape index (κ3) is 3.87. The van der Waals surface area contributed by atoms with Crippen molar-refractivity contribution in [2.45, 2.75) is 32.2 Å². The predicted octanol–water partition coefficient (Wildman–Crippen LogP) is 1.23. The first kappa shape index (κ1) is 18.0. The number of rotatable bonds is 5. The van der Waals surface area contributed by atoms with E-state index in [9.17, 15) is 19.1 Å². The molecule has 1 saturated heterocycles. The highest BCUT2D eigenvalue weighted by atomic mass is 19.1. The van der Waals surface area contributed by atoms with Crippen molar-refractivity contribution in [2.75, 3.05) is 13.1 Å². The molecule has 0 saturated carbocycles. The van der Waals surface area contributed by atoms with Crippen LogP contribution in [0, 0.1) is 18.7 Å². The molecule has 0 spiro atoms. The van der Waals surface area contributed by atoms with E-state index < -0.39 is 17.9 Å². The first-order valence-corrected chi connectivity index (χ1v) is 8.46. The fourth-order valence-corrected chi connectivity index (χ4v) is 3.24. The molecule has 9 heteroatoms. The number of halogens is 1. The largest absolute Gasteiger partial charge is 0.481 e. The van der Waals surface area contributed by atoms with Crippen LogP contribution in [0.4, 0.5) is 4.39 Å². The second-order valence-electron chi connectivity index (χ2n) is 6.48. The van der Waals surface area contributed by atoms with Crippen molar-refractivity contribution in [3.63, 3.8) is 0 Å². The first-order valence-electron chi connectivity index (χ1n) is 8.46. The third-order valence-electron chi connectivity index (χ3n) is 4.66. The van der Waals surface area contributed by atoms with Gasteiger partial charge in [0.1, 0.15) is 17.7 Å². The van der Waals surface area contributed by atoms with Crippen molar-refractivity contribution < 1.29 is 19.1 Å². The number of hydrogen-bond acceptors (Lipinski definition) is 5. The summed E-state index contributed by atoms with van der Waals surface area (Å²) in [6.45, 7) is 2.38. The molecule has 1 amide bonds. The van der Waals surface area contributed by atoms with Crippen molar-refractivity contribution in [3.05, 3.63) is 41.5 Å². The molecule has 1 aliphatic rings. The van der Waals surface area contributed by atoms with Crippen LogP contribution in [0.1, 0.15) is 30.3 Å². The van der Waals surface area contributed by atoms with Gasteiger partial charge in [-0.15, -0.1) is 5.10 Å². The van der Waals surface area contributed by atoms with Crippen molar-refractivity contribution in [1.29, 1.82) is 0 Å². The summed E-state index contributed by atoms with van der Waals surface area (Å²) in [5, 5.41) is 20.6. The van der Waals surface area contributed by atoms with Crippen molar-refractivity contribution in [3.8, 4) is 0 Å². The molecule has 1 N–H and O–H groups in total. The maximum atomic E-state index is 13.2. The Labute approximate surface area is 149 Å². The van der Waals surface area contributed by atoms with Crippen LogP contribution >= 0.6 is 0 Å². The minimum Gasteiger partial charge on any atom is -0.481 e. The number of carboxylic acids is 1. The molecule has 0 radical (unpaired) electrons. The van der Waals surface area contributed by atoms with Gasteiger partial charge in [-0.05, 0) is 47.9 Å². The predicted molar refractivity (Wildman–Crippen MR) is 88.6 cm³/mol. The molecule has 3 rings (SSSR count). The van der Waals surface area contributed by atoms with Gasteiger partial charge in [-0.3, -0.25) is 9.59 Å².